The van der Waals surface area contributed by atoms with Crippen molar-refractivity contribution in [2.24, 2.45) is 5.92 Å². The van der Waals surface area contributed by atoms with Crippen LogP contribution in [0.5, 0.6) is 5.75 Å². The predicted molar refractivity (Wildman–Crippen MR) is 107 cm³/mol. The lowest BCUT2D eigenvalue weighted by molar-refractivity contribution is -0.137. The van der Waals surface area contributed by atoms with E-state index in [9.17, 15) is 9.59 Å². The molecule has 0 spiro atoms. The van der Waals surface area contributed by atoms with Gasteiger partial charge in [0.2, 0.25) is 5.91 Å². The molecule has 28 heavy (non-hydrogen) atoms. The van der Waals surface area contributed by atoms with E-state index in [0.29, 0.717) is 30.9 Å². The molecule has 2 aliphatic rings. The van der Waals surface area contributed by atoms with Gasteiger partial charge >= 0.3 is 0 Å². The Labute approximate surface area is 165 Å². The normalized spacial score (nSPS) is 17.2. The fourth-order valence-electron chi connectivity index (χ4n) is 4.21. The minimum Gasteiger partial charge on any atom is -0.497 e. The number of carbonyl (C=O) groups is 2. The number of likely N-dealkylation sites (tertiary alicyclic amines) is 1. The van der Waals surface area contributed by atoms with Crippen molar-refractivity contribution in [2.75, 3.05) is 26.7 Å². The van der Waals surface area contributed by atoms with Gasteiger partial charge in [-0.1, -0.05) is 30.3 Å². The number of fused-ring (bicyclic) bond motifs is 1. The fraction of sp³-hybridized carbons (Fsp3) is 0.391. The highest BCUT2D eigenvalue weighted by atomic mass is 16.5. The zero-order valence-electron chi connectivity index (χ0n) is 16.3. The standard InChI is InChI=1S/C23H26N2O3/c1-28-21-8-4-7-19(15-21)23(27)24-12-10-18(11-13-24)22(26)25-14-9-17-5-2-3-6-20(17)16-25/h2-8,15,18H,9-14,16H2,1H3. The first-order valence-corrected chi connectivity index (χ1v) is 9.94. The maximum absolute atomic E-state index is 13.0. The molecule has 1 fully saturated rings. The number of nitrogens with zero attached hydrogens (tertiary/aromatic N) is 2. The summed E-state index contributed by atoms with van der Waals surface area (Å²) in [5.41, 5.74) is 3.25. The molecular formula is C23H26N2O3. The average molecular weight is 378 g/mol. The first-order valence-electron chi connectivity index (χ1n) is 9.94. The van der Waals surface area contributed by atoms with Gasteiger partial charge in [-0.2, -0.15) is 0 Å². The van der Waals surface area contributed by atoms with Gasteiger partial charge in [0.15, 0.2) is 0 Å². The summed E-state index contributed by atoms with van der Waals surface area (Å²) in [6, 6.07) is 15.6. The van der Waals surface area contributed by atoms with Gasteiger partial charge in [-0.15, -0.1) is 0 Å². The molecule has 0 aromatic heterocycles. The third-order valence-corrected chi connectivity index (χ3v) is 5.89. The number of hydrogen-bond donors (Lipinski definition) is 0. The van der Waals surface area contributed by atoms with Gasteiger partial charge < -0.3 is 14.5 Å². The van der Waals surface area contributed by atoms with E-state index in [-0.39, 0.29) is 17.7 Å². The lowest BCUT2D eigenvalue weighted by Gasteiger charge is -2.36. The lowest BCUT2D eigenvalue weighted by atomic mass is 9.92. The Hall–Kier alpha value is -2.82. The van der Waals surface area contributed by atoms with Crippen molar-refractivity contribution in [3.63, 3.8) is 0 Å². The number of hydrogen-bond acceptors (Lipinski definition) is 3. The second kappa shape index (κ2) is 8.05. The van der Waals surface area contributed by atoms with Crippen LogP contribution in [0.2, 0.25) is 0 Å². The van der Waals surface area contributed by atoms with Gasteiger partial charge in [0.1, 0.15) is 5.75 Å². The summed E-state index contributed by atoms with van der Waals surface area (Å²) in [4.78, 5) is 29.6. The molecule has 0 unspecified atom stereocenters. The van der Waals surface area contributed by atoms with E-state index in [1.165, 1.54) is 11.1 Å². The minimum atomic E-state index is 0.0108. The molecule has 1 saturated heterocycles. The van der Waals surface area contributed by atoms with Crippen LogP contribution in [0, 0.1) is 5.92 Å². The van der Waals surface area contributed by atoms with Gasteiger partial charge in [-0.25, -0.2) is 0 Å². The Morgan fingerprint density at radius 1 is 0.929 bits per heavy atom. The van der Waals surface area contributed by atoms with Crippen molar-refractivity contribution in [1.82, 2.24) is 9.80 Å². The molecule has 4 rings (SSSR count). The molecule has 2 aliphatic heterocycles. The number of amides is 2. The summed E-state index contributed by atoms with van der Waals surface area (Å²) in [7, 11) is 1.60. The summed E-state index contributed by atoms with van der Waals surface area (Å²) in [6.07, 6.45) is 2.38. The lowest BCUT2D eigenvalue weighted by Crippen LogP contribution is -2.45. The van der Waals surface area contributed by atoms with E-state index in [0.717, 1.165) is 25.8 Å². The van der Waals surface area contributed by atoms with Crippen LogP contribution in [0.15, 0.2) is 48.5 Å². The van der Waals surface area contributed by atoms with E-state index in [2.05, 4.69) is 18.2 Å². The van der Waals surface area contributed by atoms with Gasteiger partial charge in [0.05, 0.1) is 7.11 Å². The summed E-state index contributed by atoms with van der Waals surface area (Å²) in [5, 5.41) is 0. The van der Waals surface area contributed by atoms with Crippen molar-refractivity contribution in [1.29, 1.82) is 0 Å². The Morgan fingerprint density at radius 3 is 2.43 bits per heavy atom. The number of rotatable bonds is 3. The summed E-state index contributed by atoms with van der Waals surface area (Å²) in [5.74, 6) is 0.945. The topological polar surface area (TPSA) is 49.9 Å². The van der Waals surface area contributed by atoms with E-state index in [1.54, 1.807) is 13.2 Å². The highest BCUT2D eigenvalue weighted by molar-refractivity contribution is 5.94. The Kier molecular flexibility index (Phi) is 5.33. The quantitative estimate of drug-likeness (QED) is 0.825. The average Bonchev–Trinajstić information content (AvgIpc) is 2.78. The third-order valence-electron chi connectivity index (χ3n) is 5.89. The Balaban J connectivity index is 1.35. The van der Waals surface area contributed by atoms with E-state index >= 15 is 0 Å². The minimum absolute atomic E-state index is 0.0108. The molecule has 2 aromatic carbocycles. The molecule has 146 valence electrons. The maximum Gasteiger partial charge on any atom is 0.253 e. The molecule has 0 atom stereocenters. The van der Waals surface area contributed by atoms with Gasteiger partial charge in [-0.05, 0) is 48.6 Å². The largest absolute Gasteiger partial charge is 0.497 e. The predicted octanol–water partition coefficient (Wildman–Crippen LogP) is 3.13. The molecule has 2 aromatic rings. The summed E-state index contributed by atoms with van der Waals surface area (Å²) in [6.45, 7) is 2.74. The maximum atomic E-state index is 13.0. The number of carbonyl (C=O) groups excluding carboxylic acids is 2. The Bertz CT molecular complexity index is 872. The van der Waals surface area contributed by atoms with Crippen molar-refractivity contribution in [2.45, 2.75) is 25.8 Å². The molecule has 5 heteroatoms. The number of ether oxygens (including phenoxy) is 1. The highest BCUT2D eigenvalue weighted by Gasteiger charge is 2.31. The van der Waals surface area contributed by atoms with Crippen LogP contribution in [0.4, 0.5) is 0 Å². The van der Waals surface area contributed by atoms with Crippen LogP contribution >= 0.6 is 0 Å². The molecule has 5 nitrogen and oxygen atoms in total. The third kappa shape index (κ3) is 3.75. The summed E-state index contributed by atoms with van der Waals surface area (Å²) < 4.78 is 5.21. The van der Waals surface area contributed by atoms with Crippen molar-refractivity contribution in [3.8, 4) is 5.75 Å². The van der Waals surface area contributed by atoms with Gasteiger partial charge in [0.25, 0.3) is 5.91 Å². The second-order valence-electron chi connectivity index (χ2n) is 7.58. The van der Waals surface area contributed by atoms with Gasteiger partial charge in [-0.3, -0.25) is 9.59 Å². The van der Waals surface area contributed by atoms with Crippen LogP contribution in [-0.4, -0.2) is 48.4 Å². The molecule has 0 radical (unpaired) electrons. The second-order valence-corrected chi connectivity index (χ2v) is 7.58. The van der Waals surface area contributed by atoms with Crippen LogP contribution in [0.1, 0.15) is 34.3 Å². The zero-order valence-corrected chi connectivity index (χ0v) is 16.3. The van der Waals surface area contributed by atoms with E-state index in [4.69, 9.17) is 4.74 Å². The monoisotopic (exact) mass is 378 g/mol. The summed E-state index contributed by atoms with van der Waals surface area (Å²) >= 11 is 0. The number of piperidine rings is 1. The first kappa shape index (κ1) is 18.5. The molecule has 2 heterocycles. The molecule has 0 N–H and O–H groups in total. The van der Waals surface area contributed by atoms with E-state index in [1.807, 2.05) is 34.1 Å². The fourth-order valence-corrected chi connectivity index (χ4v) is 4.21. The molecule has 0 aliphatic carbocycles. The van der Waals surface area contributed by atoms with E-state index < -0.39 is 0 Å². The van der Waals surface area contributed by atoms with Crippen molar-refractivity contribution >= 4 is 11.8 Å². The van der Waals surface area contributed by atoms with Crippen LogP contribution < -0.4 is 4.74 Å². The highest BCUT2D eigenvalue weighted by Crippen LogP contribution is 2.25. The van der Waals surface area contributed by atoms with Crippen LogP contribution in [0.3, 0.4) is 0 Å². The smallest absolute Gasteiger partial charge is 0.253 e. The van der Waals surface area contributed by atoms with Gasteiger partial charge in [0, 0.05) is 37.7 Å². The van der Waals surface area contributed by atoms with Crippen LogP contribution in [0.25, 0.3) is 0 Å². The SMILES string of the molecule is COc1cccc(C(=O)N2CCC(C(=O)N3CCc4ccccc4C3)CC2)c1. The number of methoxy groups -OCH3 is 1. The molecule has 0 saturated carbocycles. The van der Waals surface area contributed by atoms with Crippen molar-refractivity contribution in [3.05, 3.63) is 65.2 Å². The molecular weight excluding hydrogens is 352 g/mol. The first-order chi connectivity index (χ1) is 13.7. The number of benzene rings is 2. The zero-order chi connectivity index (χ0) is 19.5. The Morgan fingerprint density at radius 2 is 1.68 bits per heavy atom. The molecule has 0 bridgehead atoms. The van der Waals surface area contributed by atoms with Crippen molar-refractivity contribution < 1.29 is 14.3 Å². The molecule has 2 amide bonds. The van der Waals surface area contributed by atoms with Crippen LogP contribution in [-0.2, 0) is 17.8 Å².